The lowest BCUT2D eigenvalue weighted by Crippen LogP contribution is -2.39. The molecule has 7 nitrogen and oxygen atoms in total. The first-order valence-electron chi connectivity index (χ1n) is 5.13. The minimum absolute atomic E-state index is 0.0637. The van der Waals surface area contributed by atoms with Crippen molar-refractivity contribution in [2.24, 2.45) is 11.7 Å². The van der Waals surface area contributed by atoms with E-state index in [1.807, 2.05) is 4.90 Å². The zero-order chi connectivity index (χ0) is 11.5. The molecule has 2 heterocycles. The molecule has 2 rings (SSSR count). The number of primary amides is 1. The van der Waals surface area contributed by atoms with Crippen molar-refractivity contribution >= 4 is 11.7 Å². The number of nitrogens with zero attached hydrogens (tertiary/aromatic N) is 3. The molecule has 1 saturated heterocycles. The Hall–Kier alpha value is -1.92. The molecule has 1 aliphatic heterocycles. The largest absolute Gasteiger partial charge is 0.369 e. The van der Waals surface area contributed by atoms with Crippen LogP contribution in [-0.2, 0) is 4.79 Å². The van der Waals surface area contributed by atoms with Crippen molar-refractivity contribution in [3.05, 3.63) is 16.7 Å². The van der Waals surface area contributed by atoms with Gasteiger partial charge in [0.05, 0.1) is 6.20 Å². The molecule has 7 heteroatoms. The number of H-pyrrole nitrogens is 1. The third-order valence-electron chi connectivity index (χ3n) is 2.78. The molecule has 16 heavy (non-hydrogen) atoms. The number of aromatic nitrogens is 3. The number of carbonyl (C=O) groups is 1. The van der Waals surface area contributed by atoms with E-state index >= 15 is 0 Å². The Morgan fingerprint density at radius 1 is 1.50 bits per heavy atom. The van der Waals surface area contributed by atoms with Crippen LogP contribution in [0.3, 0.4) is 0 Å². The summed E-state index contributed by atoms with van der Waals surface area (Å²) in [6, 6.07) is 0. The molecule has 1 fully saturated rings. The van der Waals surface area contributed by atoms with E-state index in [1.165, 1.54) is 6.20 Å². The monoisotopic (exact) mass is 223 g/mol. The van der Waals surface area contributed by atoms with Gasteiger partial charge < -0.3 is 10.6 Å². The molecular formula is C9H13N5O2. The highest BCUT2D eigenvalue weighted by Gasteiger charge is 2.23. The van der Waals surface area contributed by atoms with Gasteiger partial charge in [0.15, 0.2) is 5.82 Å². The van der Waals surface area contributed by atoms with Crippen molar-refractivity contribution in [2.75, 3.05) is 18.0 Å². The van der Waals surface area contributed by atoms with Gasteiger partial charge in [0, 0.05) is 19.0 Å². The Balaban J connectivity index is 2.04. The number of hydrogen-bond donors (Lipinski definition) is 2. The van der Waals surface area contributed by atoms with Crippen LogP contribution in [0.25, 0.3) is 0 Å². The summed E-state index contributed by atoms with van der Waals surface area (Å²) in [6.07, 6.45) is 2.90. The molecule has 0 aliphatic carbocycles. The lowest BCUT2D eigenvalue weighted by Gasteiger charge is -2.30. The van der Waals surface area contributed by atoms with Gasteiger partial charge in [-0.15, -0.1) is 0 Å². The molecule has 0 aromatic carbocycles. The maximum atomic E-state index is 11.0. The van der Waals surface area contributed by atoms with Crippen molar-refractivity contribution in [1.82, 2.24) is 15.2 Å². The second-order valence-electron chi connectivity index (χ2n) is 3.81. The maximum Gasteiger partial charge on any atom is 0.363 e. The molecule has 1 aromatic heterocycles. The SMILES string of the molecule is NC(=O)C1CCN(c2cn[nH]c(=O)n2)CC1. The van der Waals surface area contributed by atoms with Crippen LogP contribution >= 0.6 is 0 Å². The Morgan fingerprint density at radius 3 is 2.75 bits per heavy atom. The number of hydrogen-bond acceptors (Lipinski definition) is 5. The van der Waals surface area contributed by atoms with Crippen LogP contribution in [0.2, 0.25) is 0 Å². The van der Waals surface area contributed by atoms with Crippen LogP contribution in [0.5, 0.6) is 0 Å². The summed E-state index contributed by atoms with van der Waals surface area (Å²) in [6.45, 7) is 1.34. The van der Waals surface area contributed by atoms with Crippen LogP contribution in [-0.4, -0.2) is 34.2 Å². The van der Waals surface area contributed by atoms with E-state index in [4.69, 9.17) is 5.73 Å². The van der Waals surface area contributed by atoms with Crippen LogP contribution in [0.4, 0.5) is 5.82 Å². The van der Waals surface area contributed by atoms with Crippen LogP contribution < -0.4 is 16.3 Å². The van der Waals surface area contributed by atoms with Crippen molar-refractivity contribution in [2.45, 2.75) is 12.8 Å². The standard InChI is InChI=1S/C9H13N5O2/c10-8(15)6-1-3-14(4-2-6)7-5-11-13-9(16)12-7/h5-6H,1-4H2,(H2,10,15)(H,12,13,16). The van der Waals surface area contributed by atoms with Gasteiger partial charge >= 0.3 is 5.69 Å². The lowest BCUT2D eigenvalue weighted by atomic mass is 9.96. The van der Waals surface area contributed by atoms with Gasteiger partial charge in [-0.1, -0.05) is 0 Å². The molecule has 0 saturated carbocycles. The van der Waals surface area contributed by atoms with E-state index in [-0.39, 0.29) is 11.8 Å². The van der Waals surface area contributed by atoms with Gasteiger partial charge in [0.25, 0.3) is 0 Å². The maximum absolute atomic E-state index is 11.0. The molecule has 0 unspecified atom stereocenters. The number of nitrogens with two attached hydrogens (primary N) is 1. The average Bonchev–Trinajstić information content (AvgIpc) is 2.29. The number of anilines is 1. The second-order valence-corrected chi connectivity index (χ2v) is 3.81. The number of nitrogens with one attached hydrogen (secondary N) is 1. The van der Waals surface area contributed by atoms with Gasteiger partial charge in [0.1, 0.15) is 0 Å². The van der Waals surface area contributed by atoms with Crippen molar-refractivity contribution in [1.29, 1.82) is 0 Å². The second kappa shape index (κ2) is 4.30. The molecule has 1 aliphatic rings. The summed E-state index contributed by atoms with van der Waals surface area (Å²) in [5.74, 6) is 0.231. The Bertz CT molecular complexity index is 436. The Labute approximate surface area is 91.7 Å². The normalized spacial score (nSPS) is 17.4. The van der Waals surface area contributed by atoms with E-state index in [1.54, 1.807) is 0 Å². The fraction of sp³-hybridized carbons (Fsp3) is 0.556. The number of aromatic amines is 1. The van der Waals surface area contributed by atoms with E-state index in [2.05, 4.69) is 15.2 Å². The molecule has 0 atom stereocenters. The predicted octanol–water partition coefficient (Wildman–Crippen LogP) is -1.13. The zero-order valence-electron chi connectivity index (χ0n) is 8.72. The van der Waals surface area contributed by atoms with E-state index in [0.717, 1.165) is 0 Å². The highest BCUT2D eigenvalue weighted by Crippen LogP contribution is 2.19. The van der Waals surface area contributed by atoms with Gasteiger partial charge in [0.2, 0.25) is 5.91 Å². The highest BCUT2D eigenvalue weighted by molar-refractivity contribution is 5.76. The smallest absolute Gasteiger partial charge is 0.363 e. The minimum Gasteiger partial charge on any atom is -0.369 e. The quantitative estimate of drug-likeness (QED) is 0.659. The summed E-state index contributed by atoms with van der Waals surface area (Å²) >= 11 is 0. The highest BCUT2D eigenvalue weighted by atomic mass is 16.1. The third kappa shape index (κ3) is 2.18. The first kappa shape index (κ1) is 10.6. The number of amides is 1. The van der Waals surface area contributed by atoms with Crippen molar-refractivity contribution < 1.29 is 4.79 Å². The molecule has 3 N–H and O–H groups in total. The molecular weight excluding hydrogens is 210 g/mol. The number of carbonyl (C=O) groups excluding carboxylic acids is 1. The van der Waals surface area contributed by atoms with Gasteiger partial charge in [-0.3, -0.25) is 4.79 Å². The summed E-state index contributed by atoms with van der Waals surface area (Å²) in [5.41, 5.74) is 4.77. The van der Waals surface area contributed by atoms with E-state index in [0.29, 0.717) is 31.7 Å². The van der Waals surface area contributed by atoms with Crippen LogP contribution in [0.1, 0.15) is 12.8 Å². The molecule has 86 valence electrons. The van der Waals surface area contributed by atoms with E-state index < -0.39 is 5.69 Å². The van der Waals surface area contributed by atoms with Crippen molar-refractivity contribution in [3.63, 3.8) is 0 Å². The first-order valence-corrected chi connectivity index (χ1v) is 5.13. The number of piperidine rings is 1. The Morgan fingerprint density at radius 2 is 2.19 bits per heavy atom. The van der Waals surface area contributed by atoms with Crippen molar-refractivity contribution in [3.8, 4) is 0 Å². The van der Waals surface area contributed by atoms with E-state index in [9.17, 15) is 9.59 Å². The van der Waals surface area contributed by atoms with Crippen LogP contribution in [0, 0.1) is 5.92 Å². The fourth-order valence-corrected chi connectivity index (χ4v) is 1.85. The first-order chi connectivity index (χ1) is 7.66. The van der Waals surface area contributed by atoms with Gasteiger partial charge in [-0.05, 0) is 12.8 Å². The summed E-state index contributed by atoms with van der Waals surface area (Å²) in [5, 5.41) is 5.90. The van der Waals surface area contributed by atoms with Gasteiger partial charge in [-0.25, -0.2) is 9.89 Å². The molecule has 1 aromatic rings. The predicted molar refractivity (Wildman–Crippen MR) is 56.8 cm³/mol. The summed E-state index contributed by atoms with van der Waals surface area (Å²) in [7, 11) is 0. The fourth-order valence-electron chi connectivity index (χ4n) is 1.85. The van der Waals surface area contributed by atoms with Crippen LogP contribution in [0.15, 0.2) is 11.0 Å². The molecule has 0 bridgehead atoms. The minimum atomic E-state index is -0.463. The molecule has 0 radical (unpaired) electrons. The zero-order valence-corrected chi connectivity index (χ0v) is 8.72. The summed E-state index contributed by atoms with van der Waals surface area (Å²) in [4.78, 5) is 27.7. The Kier molecular flexibility index (Phi) is 2.84. The molecule has 0 spiro atoms. The third-order valence-corrected chi connectivity index (χ3v) is 2.78. The lowest BCUT2D eigenvalue weighted by molar-refractivity contribution is -0.122. The van der Waals surface area contributed by atoms with Gasteiger partial charge in [-0.2, -0.15) is 10.1 Å². The molecule has 1 amide bonds. The average molecular weight is 223 g/mol. The number of rotatable bonds is 2. The topological polar surface area (TPSA) is 105 Å². The summed E-state index contributed by atoms with van der Waals surface area (Å²) < 4.78 is 0.